The summed E-state index contributed by atoms with van der Waals surface area (Å²) in [5.74, 6) is -0.0306. The smallest absolute Gasteiger partial charge is 0.415 e. The van der Waals surface area contributed by atoms with E-state index in [1.807, 2.05) is 26.0 Å². The van der Waals surface area contributed by atoms with Crippen molar-refractivity contribution in [2.45, 2.75) is 38.8 Å². The van der Waals surface area contributed by atoms with Crippen molar-refractivity contribution in [1.82, 2.24) is 4.90 Å². The van der Waals surface area contributed by atoms with Crippen LogP contribution in [-0.4, -0.2) is 60.5 Å². The van der Waals surface area contributed by atoms with Crippen molar-refractivity contribution >= 4 is 29.4 Å². The Labute approximate surface area is 243 Å². The molecule has 5 rings (SSSR count). The minimum atomic E-state index is -1.09. The number of halogens is 2. The topological polar surface area (TPSA) is 88.5 Å². The van der Waals surface area contributed by atoms with Gasteiger partial charge in [0.15, 0.2) is 0 Å². The lowest BCUT2D eigenvalue weighted by Crippen LogP contribution is -2.46. The molecule has 0 saturated carbocycles. The number of likely N-dealkylation sites (tertiary alicyclic amines) is 1. The molecule has 1 spiro atoms. The Morgan fingerprint density at radius 2 is 1.66 bits per heavy atom. The molecule has 2 heterocycles. The molecule has 0 aromatic heterocycles. The van der Waals surface area contributed by atoms with E-state index in [4.69, 9.17) is 25.8 Å². The van der Waals surface area contributed by atoms with E-state index in [-0.39, 0.29) is 16.4 Å². The van der Waals surface area contributed by atoms with Gasteiger partial charge in [-0.1, -0.05) is 23.7 Å². The lowest BCUT2D eigenvalue weighted by molar-refractivity contribution is -0.00101. The molecule has 0 bridgehead atoms. The van der Waals surface area contributed by atoms with Gasteiger partial charge in [0.25, 0.3) is 0 Å². The number of carbonyl (C=O) groups excluding carboxylic acids is 1. The Bertz CT molecular complexity index is 1410. The second kappa shape index (κ2) is 12.0. The lowest BCUT2D eigenvalue weighted by Gasteiger charge is -2.37. The average Bonchev–Trinajstić information content (AvgIpc) is 3.26. The molecule has 3 aromatic rings. The average molecular weight is 583 g/mol. The first kappa shape index (κ1) is 28.7. The van der Waals surface area contributed by atoms with E-state index in [2.05, 4.69) is 4.90 Å². The fraction of sp³-hybridized carbons (Fsp3) is 0.355. The van der Waals surface area contributed by atoms with Crippen LogP contribution in [-0.2, 0) is 11.3 Å². The summed E-state index contributed by atoms with van der Waals surface area (Å²) >= 11 is 6.33. The maximum Gasteiger partial charge on any atom is 0.415 e. The Morgan fingerprint density at radius 3 is 2.22 bits per heavy atom. The van der Waals surface area contributed by atoms with E-state index >= 15 is 0 Å². The molecule has 0 aliphatic carbocycles. The predicted molar refractivity (Wildman–Crippen MR) is 154 cm³/mol. The number of carbonyl (C=O) groups is 2. The molecule has 41 heavy (non-hydrogen) atoms. The number of rotatable bonds is 9. The maximum atomic E-state index is 13.6. The zero-order chi connectivity index (χ0) is 29.1. The fourth-order valence-electron chi connectivity index (χ4n) is 5.48. The molecule has 0 unspecified atom stereocenters. The highest BCUT2D eigenvalue weighted by atomic mass is 35.5. The number of benzene rings is 3. The fourth-order valence-corrected chi connectivity index (χ4v) is 5.76. The van der Waals surface area contributed by atoms with Crippen LogP contribution in [0.4, 0.5) is 14.9 Å². The van der Waals surface area contributed by atoms with Gasteiger partial charge in [0.05, 0.1) is 41.6 Å². The molecule has 2 fully saturated rings. The maximum absolute atomic E-state index is 13.6. The highest BCUT2D eigenvalue weighted by Gasteiger charge is 2.47. The van der Waals surface area contributed by atoms with Gasteiger partial charge in [0, 0.05) is 32.5 Å². The Balaban J connectivity index is 1.30. The van der Waals surface area contributed by atoms with Gasteiger partial charge in [-0.3, -0.25) is 9.80 Å². The minimum absolute atomic E-state index is 0.0556. The highest BCUT2D eigenvalue weighted by Crippen LogP contribution is 2.42. The number of hydrogen-bond donors (Lipinski definition) is 1. The Hall–Kier alpha value is -3.82. The highest BCUT2D eigenvalue weighted by molar-refractivity contribution is 6.34. The van der Waals surface area contributed by atoms with E-state index in [9.17, 15) is 19.1 Å². The summed E-state index contributed by atoms with van der Waals surface area (Å²) in [6.45, 7) is 7.21. The van der Waals surface area contributed by atoms with Gasteiger partial charge >= 0.3 is 12.1 Å². The van der Waals surface area contributed by atoms with E-state index in [0.717, 1.165) is 16.7 Å². The van der Waals surface area contributed by atoms with Crippen LogP contribution < -0.4 is 14.4 Å². The van der Waals surface area contributed by atoms with Crippen LogP contribution in [0.3, 0.4) is 0 Å². The van der Waals surface area contributed by atoms with Gasteiger partial charge in [-0.2, -0.15) is 0 Å². The molecular formula is C31H32ClFN2O6. The first-order valence-corrected chi connectivity index (χ1v) is 14.0. The molecule has 3 aromatic carbocycles. The van der Waals surface area contributed by atoms with Crippen LogP contribution in [0.15, 0.2) is 54.6 Å². The molecule has 1 N–H and O–H groups in total. The Morgan fingerprint density at radius 1 is 1.02 bits per heavy atom. The number of piperidine rings is 1. The summed E-state index contributed by atoms with van der Waals surface area (Å²) in [6.07, 6.45) is 0.803. The zero-order valence-electron chi connectivity index (χ0n) is 23.0. The molecular weight excluding hydrogens is 551 g/mol. The molecule has 8 nitrogen and oxygen atoms in total. The molecule has 2 aliphatic rings. The number of carboxylic acids is 1. The SMILES string of the molecule is CCOc1cc(CN2CCC3(CC2)CN(c2ccc(C(=O)O)cc2Cl)C(=O)O3)cc(OCC)c1-c1ccc(F)cc1. The van der Waals surface area contributed by atoms with Crippen LogP contribution in [0.2, 0.25) is 5.02 Å². The van der Waals surface area contributed by atoms with Gasteiger partial charge in [0.2, 0.25) is 0 Å². The van der Waals surface area contributed by atoms with Crippen LogP contribution in [0, 0.1) is 5.82 Å². The van der Waals surface area contributed by atoms with E-state index < -0.39 is 17.7 Å². The van der Waals surface area contributed by atoms with E-state index in [0.29, 0.717) is 69.4 Å². The zero-order valence-corrected chi connectivity index (χ0v) is 23.7. The summed E-state index contributed by atoms with van der Waals surface area (Å²) in [7, 11) is 0. The normalized spacial score (nSPS) is 16.6. The van der Waals surface area contributed by atoms with Gasteiger partial charge < -0.3 is 19.3 Å². The summed E-state index contributed by atoms with van der Waals surface area (Å²) in [4.78, 5) is 27.9. The van der Waals surface area contributed by atoms with Crippen molar-refractivity contribution < 1.29 is 33.3 Å². The van der Waals surface area contributed by atoms with Crippen molar-refractivity contribution in [3.63, 3.8) is 0 Å². The number of hydrogen-bond acceptors (Lipinski definition) is 6. The third-order valence-electron chi connectivity index (χ3n) is 7.49. The first-order chi connectivity index (χ1) is 19.7. The Kier molecular flexibility index (Phi) is 8.37. The number of anilines is 1. The molecule has 10 heteroatoms. The van der Waals surface area contributed by atoms with Crippen molar-refractivity contribution in [3.05, 3.63) is 76.6 Å². The number of nitrogens with zero attached hydrogens (tertiary/aromatic N) is 2. The third kappa shape index (κ3) is 6.11. The summed E-state index contributed by atoms with van der Waals surface area (Å²) in [5, 5.41) is 9.40. The third-order valence-corrected chi connectivity index (χ3v) is 7.79. The van der Waals surface area contributed by atoms with Crippen LogP contribution in [0.5, 0.6) is 11.5 Å². The molecule has 0 radical (unpaired) electrons. The summed E-state index contributed by atoms with van der Waals surface area (Å²) in [5.41, 5.74) is 2.49. The van der Waals surface area contributed by atoms with Crippen molar-refractivity contribution in [1.29, 1.82) is 0 Å². The van der Waals surface area contributed by atoms with Crippen LogP contribution in [0.1, 0.15) is 42.6 Å². The van der Waals surface area contributed by atoms with Gasteiger partial charge in [-0.05, 0) is 67.4 Å². The lowest BCUT2D eigenvalue weighted by atomic mass is 9.91. The molecule has 0 atom stereocenters. The molecule has 2 saturated heterocycles. The summed E-state index contributed by atoms with van der Waals surface area (Å²) < 4.78 is 31.5. The predicted octanol–water partition coefficient (Wildman–Crippen LogP) is 6.63. The minimum Gasteiger partial charge on any atom is -0.493 e. The first-order valence-electron chi connectivity index (χ1n) is 13.7. The molecule has 1 amide bonds. The largest absolute Gasteiger partial charge is 0.493 e. The van der Waals surface area contributed by atoms with Crippen molar-refractivity contribution in [2.75, 3.05) is 37.7 Å². The monoisotopic (exact) mass is 582 g/mol. The molecule has 2 aliphatic heterocycles. The second-order valence-electron chi connectivity index (χ2n) is 10.2. The number of carboxylic acid groups (broad SMARTS) is 1. The number of ether oxygens (including phenoxy) is 3. The van der Waals surface area contributed by atoms with E-state index in [1.54, 1.807) is 18.2 Å². The van der Waals surface area contributed by atoms with Crippen molar-refractivity contribution in [3.8, 4) is 22.6 Å². The second-order valence-corrected chi connectivity index (χ2v) is 10.6. The van der Waals surface area contributed by atoms with Gasteiger partial charge in [-0.25, -0.2) is 14.0 Å². The molecule has 216 valence electrons. The van der Waals surface area contributed by atoms with Crippen LogP contribution in [0.25, 0.3) is 11.1 Å². The number of amides is 1. The number of aromatic carboxylic acids is 1. The standard InChI is InChI=1S/C31H32ClFN2O6/c1-3-39-26-15-20(16-27(40-4-2)28(26)21-5-8-23(33)9-6-21)18-34-13-11-31(12-14-34)19-35(30(38)41-31)25-10-7-22(29(36)37)17-24(25)32/h5-10,15-17H,3-4,11-14,18-19H2,1-2H3,(H,36,37). The quantitative estimate of drug-likeness (QED) is 0.303. The van der Waals surface area contributed by atoms with E-state index in [1.165, 1.54) is 29.2 Å². The van der Waals surface area contributed by atoms with Crippen molar-refractivity contribution in [2.24, 2.45) is 0 Å². The van der Waals surface area contributed by atoms with Gasteiger partial charge in [0.1, 0.15) is 22.9 Å². The summed E-state index contributed by atoms with van der Waals surface area (Å²) in [6, 6.07) is 14.6. The van der Waals surface area contributed by atoms with Crippen LogP contribution >= 0.6 is 11.6 Å². The van der Waals surface area contributed by atoms with Gasteiger partial charge in [-0.15, -0.1) is 0 Å².